The molecule has 0 atom stereocenters. The van der Waals surface area contributed by atoms with Gasteiger partial charge in [0.25, 0.3) is 0 Å². The molecule has 22 heavy (non-hydrogen) atoms. The first-order chi connectivity index (χ1) is 10.9. The minimum atomic E-state index is 0.780. The van der Waals surface area contributed by atoms with Crippen molar-refractivity contribution in [2.24, 2.45) is 0 Å². The number of hydrogen-bond acceptors (Lipinski definition) is 5. The van der Waals surface area contributed by atoms with Gasteiger partial charge in [-0.1, -0.05) is 6.92 Å². The van der Waals surface area contributed by atoms with Crippen LogP contribution in [0.25, 0.3) is 21.3 Å². The zero-order valence-electron chi connectivity index (χ0n) is 11.9. The Morgan fingerprint density at radius 3 is 2.91 bits per heavy atom. The normalized spacial score (nSPS) is 11.3. The molecular formula is C17H13N2O2S. The van der Waals surface area contributed by atoms with Crippen molar-refractivity contribution in [2.75, 3.05) is 0 Å². The van der Waals surface area contributed by atoms with Crippen molar-refractivity contribution in [1.82, 2.24) is 9.97 Å². The maximum absolute atomic E-state index is 5.42. The molecule has 4 nitrogen and oxygen atoms in total. The van der Waals surface area contributed by atoms with Crippen LogP contribution in [0.3, 0.4) is 0 Å². The summed E-state index contributed by atoms with van der Waals surface area (Å²) in [6.45, 7) is 2.15. The molecule has 1 radical (unpaired) electrons. The molecule has 4 heterocycles. The first-order valence-electron chi connectivity index (χ1n) is 7.04. The molecule has 4 aromatic rings. The van der Waals surface area contributed by atoms with Gasteiger partial charge < -0.3 is 8.83 Å². The molecule has 0 spiro atoms. The van der Waals surface area contributed by atoms with Gasteiger partial charge in [-0.2, -0.15) is 0 Å². The average Bonchev–Trinajstić information content (AvgIpc) is 3.27. The van der Waals surface area contributed by atoms with Crippen LogP contribution in [0.4, 0.5) is 0 Å². The summed E-state index contributed by atoms with van der Waals surface area (Å²) < 4.78 is 10.7. The molecule has 0 bridgehead atoms. The van der Waals surface area contributed by atoms with E-state index in [9.17, 15) is 0 Å². The zero-order chi connectivity index (χ0) is 14.9. The van der Waals surface area contributed by atoms with Crippen molar-refractivity contribution in [2.45, 2.75) is 13.3 Å². The molecule has 0 amide bonds. The first kappa shape index (κ1) is 13.3. The van der Waals surface area contributed by atoms with E-state index in [2.05, 4.69) is 16.9 Å². The molecule has 0 aliphatic carbocycles. The fourth-order valence-electron chi connectivity index (χ4n) is 2.58. The number of fused-ring (bicyclic) bond motifs is 1. The van der Waals surface area contributed by atoms with Gasteiger partial charge in [0.1, 0.15) is 16.9 Å². The highest BCUT2D eigenvalue weighted by Crippen LogP contribution is 2.40. The molecule has 0 aliphatic rings. The summed E-state index contributed by atoms with van der Waals surface area (Å²) in [4.78, 5) is 11.2. The molecule has 109 valence electrons. The van der Waals surface area contributed by atoms with E-state index in [1.165, 1.54) is 4.88 Å². The molecule has 0 saturated heterocycles. The number of hydrogen-bond donors (Lipinski definition) is 0. The van der Waals surface area contributed by atoms with E-state index in [0.717, 1.165) is 39.2 Å². The van der Waals surface area contributed by atoms with Crippen LogP contribution in [-0.2, 0) is 6.42 Å². The van der Waals surface area contributed by atoms with Gasteiger partial charge in [0.15, 0.2) is 0 Å². The van der Waals surface area contributed by atoms with Crippen molar-refractivity contribution < 1.29 is 8.83 Å². The predicted octanol–water partition coefficient (Wildman–Crippen LogP) is 4.71. The smallest absolute Gasteiger partial charge is 0.127 e. The number of nitrogens with zero attached hydrogens (tertiary/aromatic N) is 2. The second-order valence-electron chi connectivity index (χ2n) is 4.86. The second kappa shape index (κ2) is 5.42. The Bertz CT molecular complexity index is 892. The van der Waals surface area contributed by atoms with Crippen LogP contribution in [0.2, 0.25) is 0 Å². The van der Waals surface area contributed by atoms with Crippen molar-refractivity contribution in [3.05, 3.63) is 66.1 Å². The van der Waals surface area contributed by atoms with Crippen LogP contribution in [0.15, 0.2) is 52.2 Å². The molecule has 0 aliphatic heterocycles. The molecule has 0 unspecified atom stereocenters. The second-order valence-corrected chi connectivity index (χ2v) is 5.95. The highest BCUT2D eigenvalue weighted by atomic mass is 32.1. The van der Waals surface area contributed by atoms with E-state index < -0.39 is 0 Å². The summed E-state index contributed by atoms with van der Waals surface area (Å²) in [5.41, 5.74) is 3.09. The van der Waals surface area contributed by atoms with E-state index >= 15 is 0 Å². The lowest BCUT2D eigenvalue weighted by atomic mass is 10.0. The fraction of sp³-hybridized carbons (Fsp3) is 0.118. The third-order valence-corrected chi connectivity index (χ3v) is 4.79. The summed E-state index contributed by atoms with van der Waals surface area (Å²) in [5.74, 6) is 0.780. The predicted molar refractivity (Wildman–Crippen MR) is 85.7 cm³/mol. The third-order valence-electron chi connectivity index (χ3n) is 3.54. The Hall–Kier alpha value is -2.40. The van der Waals surface area contributed by atoms with Gasteiger partial charge in [-0.15, -0.1) is 11.3 Å². The van der Waals surface area contributed by atoms with Gasteiger partial charge >= 0.3 is 0 Å². The molecule has 5 heteroatoms. The Morgan fingerprint density at radius 2 is 2.18 bits per heavy atom. The number of rotatable bonds is 4. The Kier molecular flexibility index (Phi) is 3.27. The number of thiophene rings is 1. The highest BCUT2D eigenvalue weighted by molar-refractivity contribution is 7.19. The number of furan rings is 2. The van der Waals surface area contributed by atoms with Crippen LogP contribution in [0.1, 0.15) is 23.3 Å². The Balaban J connectivity index is 1.96. The summed E-state index contributed by atoms with van der Waals surface area (Å²) in [6, 6.07) is 5.76. The number of aryl methyl sites for hydroxylation is 1. The molecular weight excluding hydrogens is 296 g/mol. The SMILES string of the molecule is CCc1sc2ncnc([CH]c3ccco3)c2c1-c1ccoc1. The molecule has 4 rings (SSSR count). The largest absolute Gasteiger partial charge is 0.472 e. The fourth-order valence-corrected chi connectivity index (χ4v) is 3.69. The van der Waals surface area contributed by atoms with Gasteiger partial charge in [-0.3, -0.25) is 0 Å². The molecule has 4 aromatic heterocycles. The van der Waals surface area contributed by atoms with Crippen LogP contribution >= 0.6 is 11.3 Å². The third kappa shape index (κ3) is 2.14. The summed E-state index contributed by atoms with van der Waals surface area (Å²) in [6.07, 6.45) is 9.61. The van der Waals surface area contributed by atoms with Gasteiger partial charge in [-0.05, 0) is 24.6 Å². The zero-order valence-corrected chi connectivity index (χ0v) is 12.8. The van der Waals surface area contributed by atoms with Crippen LogP contribution in [0, 0.1) is 6.42 Å². The van der Waals surface area contributed by atoms with Gasteiger partial charge in [0.2, 0.25) is 0 Å². The minimum Gasteiger partial charge on any atom is -0.472 e. The van der Waals surface area contributed by atoms with Crippen molar-refractivity contribution in [3.63, 3.8) is 0 Å². The van der Waals surface area contributed by atoms with Crippen molar-refractivity contribution >= 4 is 21.6 Å². The van der Waals surface area contributed by atoms with Crippen LogP contribution in [-0.4, -0.2) is 9.97 Å². The standard InChI is InChI=1S/C17H13N2O2S/c1-2-14-15(11-5-7-20-9-11)16-13(8-12-4-3-6-21-12)18-10-19-17(16)22-14/h3-10H,2H2,1H3. The minimum absolute atomic E-state index is 0.780. The van der Waals surface area contributed by atoms with E-state index in [1.54, 1.807) is 36.5 Å². The van der Waals surface area contributed by atoms with Crippen molar-refractivity contribution in [1.29, 1.82) is 0 Å². The Morgan fingerprint density at radius 1 is 1.23 bits per heavy atom. The van der Waals surface area contributed by atoms with Crippen LogP contribution in [0.5, 0.6) is 0 Å². The topological polar surface area (TPSA) is 52.1 Å². The lowest BCUT2D eigenvalue weighted by Crippen LogP contribution is -1.92. The first-order valence-corrected chi connectivity index (χ1v) is 7.85. The van der Waals surface area contributed by atoms with E-state index in [4.69, 9.17) is 8.83 Å². The van der Waals surface area contributed by atoms with Gasteiger partial charge in [0.05, 0.1) is 30.9 Å². The van der Waals surface area contributed by atoms with Crippen molar-refractivity contribution in [3.8, 4) is 11.1 Å². The monoisotopic (exact) mass is 309 g/mol. The highest BCUT2D eigenvalue weighted by Gasteiger charge is 2.19. The van der Waals surface area contributed by atoms with E-state index in [1.807, 2.05) is 24.6 Å². The quantitative estimate of drug-likeness (QED) is 0.548. The van der Waals surface area contributed by atoms with E-state index in [0.29, 0.717) is 0 Å². The molecule has 0 saturated carbocycles. The molecule has 0 fully saturated rings. The Labute approximate surface area is 131 Å². The lowest BCUT2D eigenvalue weighted by Gasteiger charge is -2.03. The molecule has 0 aromatic carbocycles. The van der Waals surface area contributed by atoms with Gasteiger partial charge in [0, 0.05) is 21.4 Å². The molecule has 0 N–H and O–H groups in total. The lowest BCUT2D eigenvalue weighted by molar-refractivity contribution is 0.542. The van der Waals surface area contributed by atoms with Crippen LogP contribution < -0.4 is 0 Å². The summed E-state index contributed by atoms with van der Waals surface area (Å²) in [7, 11) is 0. The average molecular weight is 309 g/mol. The number of aromatic nitrogens is 2. The maximum Gasteiger partial charge on any atom is 0.127 e. The van der Waals surface area contributed by atoms with E-state index in [-0.39, 0.29) is 0 Å². The maximum atomic E-state index is 5.42. The van der Waals surface area contributed by atoms with Gasteiger partial charge in [-0.25, -0.2) is 9.97 Å². The summed E-state index contributed by atoms with van der Waals surface area (Å²) in [5, 5.41) is 1.06. The summed E-state index contributed by atoms with van der Waals surface area (Å²) >= 11 is 1.71.